The number of ether oxygens (including phenoxy) is 2. The Labute approximate surface area is 164 Å². The van der Waals surface area contributed by atoms with Crippen LogP contribution < -0.4 is 15.0 Å². The van der Waals surface area contributed by atoms with E-state index < -0.39 is 6.04 Å². The van der Waals surface area contributed by atoms with Gasteiger partial charge in [-0.15, -0.1) is 0 Å². The molecule has 3 saturated heterocycles. The summed E-state index contributed by atoms with van der Waals surface area (Å²) >= 11 is 0. The number of imide groups is 1. The first-order valence-electron chi connectivity index (χ1n) is 9.56. The molecular weight excluding hydrogens is 362 g/mol. The van der Waals surface area contributed by atoms with E-state index in [0.29, 0.717) is 6.61 Å². The van der Waals surface area contributed by atoms with Crippen molar-refractivity contribution in [2.45, 2.75) is 24.9 Å². The van der Waals surface area contributed by atoms with Gasteiger partial charge < -0.3 is 19.3 Å². The van der Waals surface area contributed by atoms with Crippen LogP contribution in [0.3, 0.4) is 0 Å². The van der Waals surface area contributed by atoms with Gasteiger partial charge in [0.25, 0.3) is 5.91 Å². The molecule has 1 aromatic rings. The van der Waals surface area contributed by atoms with Gasteiger partial charge in [0, 0.05) is 39.0 Å². The van der Waals surface area contributed by atoms with Gasteiger partial charge in [-0.3, -0.25) is 19.9 Å². The molecular formula is C19H27N5O4. The number of likely N-dealkylation sites (N-methyl/N-ethyl adjacent to an activating group) is 1. The minimum absolute atomic E-state index is 0.155. The summed E-state index contributed by atoms with van der Waals surface area (Å²) in [4.78, 5) is 33.2. The van der Waals surface area contributed by atoms with E-state index in [1.165, 1.54) is 4.90 Å². The highest BCUT2D eigenvalue weighted by atomic mass is 16.5. The molecule has 9 nitrogen and oxygen atoms in total. The molecule has 0 saturated carbocycles. The second kappa shape index (κ2) is 7.57. The molecule has 3 unspecified atom stereocenters. The van der Waals surface area contributed by atoms with Crippen LogP contribution in [0.25, 0.3) is 0 Å². The summed E-state index contributed by atoms with van der Waals surface area (Å²) < 4.78 is 10.4. The molecule has 3 aliphatic heterocycles. The number of anilines is 1. The van der Waals surface area contributed by atoms with E-state index in [2.05, 4.69) is 15.1 Å². The average Bonchev–Trinajstić information content (AvgIpc) is 3.12. The Bertz CT molecular complexity index is 760. The zero-order valence-corrected chi connectivity index (χ0v) is 16.5. The van der Waals surface area contributed by atoms with Crippen LogP contribution in [0.2, 0.25) is 0 Å². The molecule has 3 heterocycles. The monoisotopic (exact) mass is 389 g/mol. The van der Waals surface area contributed by atoms with Crippen molar-refractivity contribution in [1.82, 2.24) is 20.0 Å². The lowest BCUT2D eigenvalue weighted by Crippen LogP contribution is -2.66. The van der Waals surface area contributed by atoms with Crippen LogP contribution in [0.1, 0.15) is 6.42 Å². The first kappa shape index (κ1) is 19.0. The van der Waals surface area contributed by atoms with Crippen LogP contribution in [0, 0.1) is 0 Å². The zero-order chi connectivity index (χ0) is 19.8. The largest absolute Gasteiger partial charge is 0.497 e. The van der Waals surface area contributed by atoms with Gasteiger partial charge in [-0.05, 0) is 18.6 Å². The fraction of sp³-hybridized carbons (Fsp3) is 0.579. The second-order valence-corrected chi connectivity index (χ2v) is 7.29. The van der Waals surface area contributed by atoms with Crippen LogP contribution in [0.5, 0.6) is 5.75 Å². The molecule has 0 aromatic heterocycles. The molecule has 0 aliphatic carbocycles. The summed E-state index contributed by atoms with van der Waals surface area (Å²) in [5.74, 6) is 0.631. The number of hydrogen-bond acceptors (Lipinski definition) is 7. The Morgan fingerprint density at radius 3 is 2.79 bits per heavy atom. The number of methoxy groups -OCH3 is 2. The minimum atomic E-state index is -0.405. The summed E-state index contributed by atoms with van der Waals surface area (Å²) in [5, 5.41) is 3.51. The summed E-state index contributed by atoms with van der Waals surface area (Å²) in [6.45, 7) is 2.25. The van der Waals surface area contributed by atoms with Crippen molar-refractivity contribution in [2.75, 3.05) is 52.4 Å². The van der Waals surface area contributed by atoms with Crippen LogP contribution in [-0.2, 0) is 9.53 Å². The van der Waals surface area contributed by atoms with Crippen LogP contribution in [0.4, 0.5) is 10.5 Å². The van der Waals surface area contributed by atoms with E-state index in [1.54, 1.807) is 26.2 Å². The molecule has 3 amide bonds. The smallest absolute Gasteiger partial charge is 0.327 e. The fourth-order valence-electron chi connectivity index (χ4n) is 4.36. The number of nitrogens with one attached hydrogen (secondary N) is 1. The van der Waals surface area contributed by atoms with Crippen molar-refractivity contribution >= 4 is 17.6 Å². The van der Waals surface area contributed by atoms with E-state index in [9.17, 15) is 9.59 Å². The molecule has 0 radical (unpaired) electrons. The van der Waals surface area contributed by atoms with Crippen LogP contribution >= 0.6 is 0 Å². The third-order valence-corrected chi connectivity index (χ3v) is 5.77. The minimum Gasteiger partial charge on any atom is -0.497 e. The molecule has 28 heavy (non-hydrogen) atoms. The van der Waals surface area contributed by atoms with Gasteiger partial charge in [0.2, 0.25) is 0 Å². The van der Waals surface area contributed by atoms with Crippen molar-refractivity contribution in [3.05, 3.63) is 24.3 Å². The Kier molecular flexibility index (Phi) is 5.13. The van der Waals surface area contributed by atoms with Crippen LogP contribution in [-0.4, -0.2) is 92.6 Å². The molecule has 1 N–H and O–H groups in total. The predicted octanol–water partition coefficient (Wildman–Crippen LogP) is 0.329. The van der Waals surface area contributed by atoms with Gasteiger partial charge >= 0.3 is 6.03 Å². The van der Waals surface area contributed by atoms with Crippen LogP contribution in [0.15, 0.2) is 24.3 Å². The molecule has 1 aromatic carbocycles. The standard InChI is InChI=1S/C19H27N5O4/c1-21-16-15(17(25)24(19(21)26)10-11-27-2)23-9-5-8-22(18(23)20-16)13-6-4-7-14(12-13)28-3/h4,6-7,12,15-16,18,20H,5,8-11H2,1-3H3. The maximum absolute atomic E-state index is 13.2. The topological polar surface area (TPSA) is 77.6 Å². The van der Waals surface area contributed by atoms with E-state index in [0.717, 1.165) is 30.9 Å². The van der Waals surface area contributed by atoms with Gasteiger partial charge in [0.1, 0.15) is 24.2 Å². The normalized spacial score (nSPS) is 27.8. The fourth-order valence-corrected chi connectivity index (χ4v) is 4.36. The quantitative estimate of drug-likeness (QED) is 0.778. The molecule has 3 atom stereocenters. The molecule has 0 bridgehead atoms. The summed E-state index contributed by atoms with van der Waals surface area (Å²) in [5.41, 5.74) is 1.03. The van der Waals surface area contributed by atoms with E-state index in [1.807, 2.05) is 24.3 Å². The van der Waals surface area contributed by atoms with Crippen molar-refractivity contribution < 1.29 is 19.1 Å². The zero-order valence-electron chi connectivity index (χ0n) is 16.5. The highest BCUT2D eigenvalue weighted by Gasteiger charge is 2.55. The van der Waals surface area contributed by atoms with Crippen molar-refractivity contribution in [3.63, 3.8) is 0 Å². The van der Waals surface area contributed by atoms with Gasteiger partial charge in [-0.2, -0.15) is 0 Å². The number of fused-ring (bicyclic) bond motifs is 3. The Balaban J connectivity index is 1.62. The maximum atomic E-state index is 13.2. The van der Waals surface area contributed by atoms with Gasteiger partial charge in [-0.1, -0.05) is 6.07 Å². The van der Waals surface area contributed by atoms with E-state index in [-0.39, 0.29) is 30.9 Å². The first-order chi connectivity index (χ1) is 13.6. The highest BCUT2D eigenvalue weighted by Crippen LogP contribution is 2.33. The second-order valence-electron chi connectivity index (χ2n) is 7.29. The van der Waals surface area contributed by atoms with Crippen molar-refractivity contribution in [2.24, 2.45) is 0 Å². The summed E-state index contributed by atoms with van der Waals surface area (Å²) in [6, 6.07) is 7.21. The number of carbonyl (C=O) groups excluding carboxylic acids is 2. The number of benzene rings is 1. The number of carbonyl (C=O) groups is 2. The summed E-state index contributed by atoms with van der Waals surface area (Å²) in [7, 11) is 4.96. The van der Waals surface area contributed by atoms with Gasteiger partial charge in [-0.25, -0.2) is 4.79 Å². The Morgan fingerprint density at radius 2 is 2.04 bits per heavy atom. The SMILES string of the molecule is COCCN1C(=O)C2C(NC3N(c4cccc(OC)c4)CCCN23)N(C)C1=O. The lowest BCUT2D eigenvalue weighted by Gasteiger charge is -2.43. The molecule has 9 heteroatoms. The van der Waals surface area contributed by atoms with Gasteiger partial charge in [0.15, 0.2) is 0 Å². The number of amides is 3. The lowest BCUT2D eigenvalue weighted by molar-refractivity contribution is -0.139. The molecule has 152 valence electrons. The van der Waals surface area contributed by atoms with E-state index >= 15 is 0 Å². The number of urea groups is 1. The average molecular weight is 389 g/mol. The molecule has 0 spiro atoms. The van der Waals surface area contributed by atoms with Crippen molar-refractivity contribution in [1.29, 1.82) is 0 Å². The lowest BCUT2D eigenvalue weighted by atomic mass is 10.1. The first-order valence-corrected chi connectivity index (χ1v) is 9.56. The van der Waals surface area contributed by atoms with Gasteiger partial charge in [0.05, 0.1) is 20.3 Å². The molecule has 3 fully saturated rings. The maximum Gasteiger partial charge on any atom is 0.327 e. The van der Waals surface area contributed by atoms with Crippen molar-refractivity contribution in [3.8, 4) is 5.75 Å². The molecule has 4 rings (SSSR count). The predicted molar refractivity (Wildman–Crippen MR) is 103 cm³/mol. The Morgan fingerprint density at radius 1 is 1.21 bits per heavy atom. The number of rotatable bonds is 5. The molecule has 3 aliphatic rings. The number of nitrogens with zero attached hydrogens (tertiary/aromatic N) is 4. The Hall–Kier alpha value is -2.36. The summed E-state index contributed by atoms with van der Waals surface area (Å²) in [6.07, 6.45) is 0.425. The third-order valence-electron chi connectivity index (χ3n) is 5.77. The third kappa shape index (κ3) is 2.99. The highest BCUT2D eigenvalue weighted by molar-refractivity contribution is 6.00. The number of hydrogen-bond donors (Lipinski definition) is 1. The van der Waals surface area contributed by atoms with E-state index in [4.69, 9.17) is 9.47 Å².